The zero-order chi connectivity index (χ0) is 31.1. The van der Waals surface area contributed by atoms with Crippen LogP contribution in [0.15, 0.2) is 90.5 Å². The van der Waals surface area contributed by atoms with Gasteiger partial charge in [-0.3, -0.25) is 24.1 Å². The number of likely N-dealkylation sites (tertiary alicyclic amines) is 1. The van der Waals surface area contributed by atoms with Gasteiger partial charge in [-0.2, -0.15) is 0 Å². The molecule has 3 aromatic carbocycles. The molecule has 0 radical (unpaired) electrons. The van der Waals surface area contributed by atoms with Crippen molar-refractivity contribution in [1.82, 2.24) is 4.90 Å². The molecule has 2 aliphatic heterocycles. The maximum Gasteiger partial charge on any atom is 0.246 e. The SMILES string of the molecule is CC(C)(C)N1C(=O)C2CC=C3C(CC4C(=O)N(c5cccc(Cl)c5)C(=O)C4(c4ccccc4)C3c3ccccc3O)C2C1=O. The average Bonchev–Trinajstić information content (AvgIpc) is 3.39. The predicted molar refractivity (Wildman–Crippen MR) is 166 cm³/mol. The van der Waals surface area contributed by atoms with E-state index in [4.69, 9.17) is 11.6 Å². The van der Waals surface area contributed by atoms with Crippen LogP contribution in [0.2, 0.25) is 5.02 Å². The third-order valence-corrected chi connectivity index (χ3v) is 10.3. The van der Waals surface area contributed by atoms with Crippen LogP contribution in [0.1, 0.15) is 50.7 Å². The van der Waals surface area contributed by atoms with Crippen LogP contribution >= 0.6 is 11.6 Å². The Morgan fingerprint density at radius 1 is 0.841 bits per heavy atom. The van der Waals surface area contributed by atoms with Gasteiger partial charge >= 0.3 is 0 Å². The van der Waals surface area contributed by atoms with E-state index < -0.39 is 46.5 Å². The molecular weight excluding hydrogens is 576 g/mol. The molecule has 224 valence electrons. The number of halogens is 1. The maximum atomic E-state index is 15.1. The first kappa shape index (κ1) is 28.5. The Morgan fingerprint density at radius 3 is 2.23 bits per heavy atom. The van der Waals surface area contributed by atoms with Crippen molar-refractivity contribution in [2.45, 2.75) is 50.5 Å². The second-order valence-corrected chi connectivity index (χ2v) is 13.8. The Hall–Kier alpha value is -4.23. The van der Waals surface area contributed by atoms with Crippen molar-refractivity contribution in [2.24, 2.45) is 23.7 Å². The van der Waals surface area contributed by atoms with Gasteiger partial charge in [0.05, 0.1) is 28.9 Å². The lowest BCUT2D eigenvalue weighted by Gasteiger charge is -2.50. The van der Waals surface area contributed by atoms with Crippen LogP contribution in [0.5, 0.6) is 5.75 Å². The number of fused-ring (bicyclic) bond motifs is 4. The molecule has 6 atom stereocenters. The van der Waals surface area contributed by atoms with Crippen molar-refractivity contribution >= 4 is 40.9 Å². The van der Waals surface area contributed by atoms with E-state index in [9.17, 15) is 19.5 Å². The van der Waals surface area contributed by atoms with E-state index in [1.165, 1.54) is 9.80 Å². The highest BCUT2D eigenvalue weighted by molar-refractivity contribution is 6.32. The molecule has 8 heteroatoms. The number of nitrogens with zero attached hydrogens (tertiary/aromatic N) is 2. The molecule has 1 N–H and O–H groups in total. The van der Waals surface area contributed by atoms with Gasteiger partial charge < -0.3 is 5.11 Å². The van der Waals surface area contributed by atoms with Crippen LogP contribution in [0.4, 0.5) is 5.69 Å². The molecule has 1 saturated carbocycles. The molecule has 44 heavy (non-hydrogen) atoms. The molecular formula is C36H33ClN2O5. The second-order valence-electron chi connectivity index (χ2n) is 13.3. The topological polar surface area (TPSA) is 95.0 Å². The van der Waals surface area contributed by atoms with Crippen LogP contribution in [-0.2, 0) is 24.6 Å². The third kappa shape index (κ3) is 3.81. The molecule has 3 aromatic rings. The van der Waals surface area contributed by atoms with Crippen LogP contribution in [0, 0.1) is 23.7 Å². The van der Waals surface area contributed by atoms with Gasteiger partial charge in [-0.25, -0.2) is 4.90 Å². The Labute approximate surface area is 261 Å². The summed E-state index contributed by atoms with van der Waals surface area (Å²) >= 11 is 6.34. The summed E-state index contributed by atoms with van der Waals surface area (Å²) in [5.41, 5.74) is 0.243. The van der Waals surface area contributed by atoms with Gasteiger partial charge in [-0.15, -0.1) is 0 Å². The summed E-state index contributed by atoms with van der Waals surface area (Å²) in [4.78, 5) is 60.2. The lowest BCUT2D eigenvalue weighted by Crippen LogP contribution is -2.53. The standard InChI is InChI=1S/C36H33ClN2O5/c1-35(2,3)39-31(41)25-17-16-23-26(29(25)33(39)43)19-27-32(42)38(22-13-9-12-21(37)18-22)34(44)36(27,20-10-5-4-6-11-20)30(23)24-14-7-8-15-28(24)40/h4-16,18,25-27,29-30,40H,17,19H2,1-3H3. The van der Waals surface area contributed by atoms with Crippen LogP contribution in [0.3, 0.4) is 0 Å². The first-order chi connectivity index (χ1) is 21.0. The monoisotopic (exact) mass is 608 g/mol. The Morgan fingerprint density at radius 2 is 1.55 bits per heavy atom. The first-order valence-corrected chi connectivity index (χ1v) is 15.4. The molecule has 6 unspecified atom stereocenters. The van der Waals surface area contributed by atoms with E-state index >= 15 is 4.79 Å². The molecule has 2 aliphatic carbocycles. The number of rotatable bonds is 3. The third-order valence-electron chi connectivity index (χ3n) is 10.1. The Bertz CT molecular complexity index is 1760. The predicted octanol–water partition coefficient (Wildman–Crippen LogP) is 6.01. The number of para-hydroxylation sites is 1. The van der Waals surface area contributed by atoms with Crippen LogP contribution in [0.25, 0.3) is 0 Å². The lowest BCUT2D eigenvalue weighted by atomic mass is 9.49. The number of benzene rings is 3. The normalized spacial score (nSPS) is 29.8. The van der Waals surface area contributed by atoms with E-state index in [0.29, 0.717) is 28.3 Å². The number of carbonyl (C=O) groups excluding carboxylic acids is 4. The van der Waals surface area contributed by atoms with Gasteiger partial charge in [-0.05, 0) is 69.4 Å². The van der Waals surface area contributed by atoms with Gasteiger partial charge in [-0.1, -0.05) is 77.8 Å². The van der Waals surface area contributed by atoms with Crippen molar-refractivity contribution < 1.29 is 24.3 Å². The average molecular weight is 609 g/mol. The van der Waals surface area contributed by atoms with E-state index in [1.807, 2.05) is 57.2 Å². The second kappa shape index (κ2) is 9.89. The number of aromatic hydroxyl groups is 1. The number of hydrogen-bond acceptors (Lipinski definition) is 5. The minimum Gasteiger partial charge on any atom is -0.508 e. The van der Waals surface area contributed by atoms with Crippen molar-refractivity contribution in [3.8, 4) is 5.75 Å². The smallest absolute Gasteiger partial charge is 0.246 e. The number of hydrogen-bond donors (Lipinski definition) is 1. The first-order valence-electron chi connectivity index (χ1n) is 15.0. The number of anilines is 1. The summed E-state index contributed by atoms with van der Waals surface area (Å²) in [6.45, 7) is 5.55. The van der Waals surface area contributed by atoms with Crippen molar-refractivity contribution in [3.05, 3.63) is 107 Å². The number of imide groups is 2. The maximum absolute atomic E-state index is 15.1. The summed E-state index contributed by atoms with van der Waals surface area (Å²) < 4.78 is 0. The summed E-state index contributed by atoms with van der Waals surface area (Å²) in [5, 5.41) is 11.7. The number of phenols is 1. The van der Waals surface area contributed by atoms with Crippen LogP contribution in [-0.4, -0.2) is 39.2 Å². The molecule has 0 spiro atoms. The Balaban J connectivity index is 1.50. The summed E-state index contributed by atoms with van der Waals surface area (Å²) in [6, 6.07) is 22.9. The van der Waals surface area contributed by atoms with E-state index in [1.54, 1.807) is 48.5 Å². The summed E-state index contributed by atoms with van der Waals surface area (Å²) in [5.74, 6) is -4.52. The zero-order valence-electron chi connectivity index (χ0n) is 24.7. The number of carbonyl (C=O) groups is 4. The number of allylic oxidation sites excluding steroid dienone is 2. The summed E-state index contributed by atoms with van der Waals surface area (Å²) in [6.07, 6.45) is 2.55. The van der Waals surface area contributed by atoms with Gasteiger partial charge in [0.25, 0.3) is 0 Å². The molecule has 4 aliphatic rings. The van der Waals surface area contributed by atoms with Crippen LogP contribution < -0.4 is 4.90 Å². The fourth-order valence-corrected chi connectivity index (χ4v) is 8.67. The van der Waals surface area contributed by atoms with Gasteiger partial charge in [0.15, 0.2) is 0 Å². The van der Waals surface area contributed by atoms with Crippen molar-refractivity contribution in [1.29, 1.82) is 0 Å². The molecule has 3 fully saturated rings. The van der Waals surface area contributed by atoms with Crippen molar-refractivity contribution in [2.75, 3.05) is 4.90 Å². The highest BCUT2D eigenvalue weighted by atomic mass is 35.5. The molecule has 2 saturated heterocycles. The highest BCUT2D eigenvalue weighted by Crippen LogP contribution is 2.65. The van der Waals surface area contributed by atoms with Gasteiger partial charge in [0, 0.05) is 22.0 Å². The van der Waals surface area contributed by atoms with Gasteiger partial charge in [0.1, 0.15) is 5.75 Å². The summed E-state index contributed by atoms with van der Waals surface area (Å²) in [7, 11) is 0. The minimum atomic E-state index is -1.41. The van der Waals surface area contributed by atoms with E-state index in [0.717, 1.165) is 5.57 Å². The Kier molecular flexibility index (Phi) is 6.42. The molecule has 0 bridgehead atoms. The molecule has 0 aromatic heterocycles. The molecule has 4 amide bonds. The fourth-order valence-electron chi connectivity index (χ4n) is 8.48. The van der Waals surface area contributed by atoms with E-state index in [2.05, 4.69) is 0 Å². The number of phenolic OH excluding ortho intramolecular Hbond substituents is 1. The minimum absolute atomic E-state index is 0.00169. The van der Waals surface area contributed by atoms with E-state index in [-0.39, 0.29) is 29.9 Å². The number of amides is 4. The van der Waals surface area contributed by atoms with Gasteiger partial charge in [0.2, 0.25) is 23.6 Å². The zero-order valence-corrected chi connectivity index (χ0v) is 25.5. The largest absolute Gasteiger partial charge is 0.508 e. The molecule has 7 rings (SSSR count). The quantitative estimate of drug-likeness (QED) is 0.290. The fraction of sp³-hybridized carbons (Fsp3) is 0.333. The molecule has 7 nitrogen and oxygen atoms in total. The lowest BCUT2D eigenvalue weighted by molar-refractivity contribution is -0.145. The molecule has 2 heterocycles. The van der Waals surface area contributed by atoms with Crippen molar-refractivity contribution in [3.63, 3.8) is 0 Å². The highest BCUT2D eigenvalue weighted by Gasteiger charge is 2.70.